The fourth-order valence-electron chi connectivity index (χ4n) is 4.89. The molecule has 4 aromatic rings. The number of ketones is 1. The van der Waals surface area contributed by atoms with Crippen molar-refractivity contribution in [1.82, 2.24) is 4.98 Å². The quantitative estimate of drug-likeness (QED) is 0.157. The van der Waals surface area contributed by atoms with Gasteiger partial charge in [0, 0.05) is 5.56 Å². The van der Waals surface area contributed by atoms with E-state index in [9.17, 15) is 19.5 Å². The molecule has 0 saturated carbocycles. The first-order chi connectivity index (χ1) is 19.4. The fraction of sp³-hybridized carbons (Fsp3) is 0.200. The molecular formula is C30H24N2O7S. The number of nitrogens with zero attached hydrogens (tertiary/aromatic N) is 2. The van der Waals surface area contributed by atoms with Crippen LogP contribution in [0, 0.1) is 0 Å². The number of benzene rings is 3. The van der Waals surface area contributed by atoms with Gasteiger partial charge in [-0.05, 0) is 60.0 Å². The second-order valence-corrected chi connectivity index (χ2v) is 10.3. The molecule has 1 saturated heterocycles. The summed E-state index contributed by atoms with van der Waals surface area (Å²) < 4.78 is 16.9. The third-order valence-electron chi connectivity index (χ3n) is 6.96. The number of hydrogen-bond donors (Lipinski definition) is 1. The summed E-state index contributed by atoms with van der Waals surface area (Å²) in [6.07, 6.45) is 0.843. The van der Waals surface area contributed by atoms with Gasteiger partial charge in [0.15, 0.2) is 16.6 Å². The van der Waals surface area contributed by atoms with E-state index >= 15 is 0 Å². The molecular weight excluding hydrogens is 532 g/mol. The Morgan fingerprint density at radius 2 is 1.75 bits per heavy atom. The van der Waals surface area contributed by atoms with Crippen LogP contribution in [0.2, 0.25) is 0 Å². The van der Waals surface area contributed by atoms with Gasteiger partial charge < -0.3 is 19.3 Å². The summed E-state index contributed by atoms with van der Waals surface area (Å²) in [5.41, 5.74) is 2.85. The zero-order valence-corrected chi connectivity index (χ0v) is 22.5. The Morgan fingerprint density at radius 1 is 1.02 bits per heavy atom. The van der Waals surface area contributed by atoms with Crippen LogP contribution in [0.5, 0.6) is 11.5 Å². The molecule has 1 unspecified atom stereocenters. The number of amides is 1. The molecule has 1 amide bonds. The lowest BCUT2D eigenvalue weighted by molar-refractivity contribution is -0.132. The van der Waals surface area contributed by atoms with Gasteiger partial charge in [-0.2, -0.15) is 0 Å². The molecule has 0 spiro atoms. The maximum absolute atomic E-state index is 13.6. The molecule has 3 aromatic carbocycles. The van der Waals surface area contributed by atoms with E-state index < -0.39 is 23.7 Å². The van der Waals surface area contributed by atoms with Crippen LogP contribution in [0.3, 0.4) is 0 Å². The van der Waals surface area contributed by atoms with Gasteiger partial charge in [0.05, 0.1) is 34.5 Å². The monoisotopic (exact) mass is 556 g/mol. The Morgan fingerprint density at radius 3 is 2.48 bits per heavy atom. The Labute approximate surface area is 233 Å². The first-order valence-corrected chi connectivity index (χ1v) is 13.5. The molecule has 6 rings (SSSR count). The van der Waals surface area contributed by atoms with Crippen LogP contribution in [0.4, 0.5) is 5.13 Å². The van der Waals surface area contributed by atoms with Crippen molar-refractivity contribution in [2.75, 3.05) is 25.2 Å². The van der Waals surface area contributed by atoms with Crippen molar-refractivity contribution >= 4 is 50.1 Å². The second kappa shape index (κ2) is 10.1. The molecule has 0 bridgehead atoms. The van der Waals surface area contributed by atoms with Gasteiger partial charge in [-0.3, -0.25) is 14.5 Å². The predicted molar refractivity (Wildman–Crippen MR) is 149 cm³/mol. The summed E-state index contributed by atoms with van der Waals surface area (Å²) in [6, 6.07) is 16.1. The zero-order valence-electron chi connectivity index (χ0n) is 21.7. The van der Waals surface area contributed by atoms with E-state index in [0.29, 0.717) is 52.1 Å². The highest BCUT2D eigenvalue weighted by Gasteiger charge is 2.48. The first-order valence-electron chi connectivity index (χ1n) is 12.7. The molecule has 1 atom stereocenters. The number of esters is 1. The average molecular weight is 557 g/mol. The molecule has 2 aliphatic rings. The maximum atomic E-state index is 13.6. The van der Waals surface area contributed by atoms with Crippen molar-refractivity contribution in [3.8, 4) is 11.5 Å². The number of carbonyl (C=O) groups excluding carboxylic acids is 3. The SMILES string of the molecule is CCc1ccc2nc(N3C(=O)C(=O)/C(=C(/O)c4ccc5c(c4)OCCO5)C3c3ccc(C(=O)OC)cc3)sc2c1. The smallest absolute Gasteiger partial charge is 0.337 e. The summed E-state index contributed by atoms with van der Waals surface area (Å²) >= 11 is 1.30. The third-order valence-corrected chi connectivity index (χ3v) is 7.98. The van der Waals surface area contributed by atoms with E-state index in [1.807, 2.05) is 18.2 Å². The Balaban J connectivity index is 1.52. The highest BCUT2D eigenvalue weighted by molar-refractivity contribution is 7.22. The summed E-state index contributed by atoms with van der Waals surface area (Å²) in [4.78, 5) is 45.1. The van der Waals surface area contributed by atoms with E-state index in [1.165, 1.54) is 23.3 Å². The number of Topliss-reactive ketones (excluding diaryl/α,β-unsaturated/α-hetero) is 1. The number of rotatable bonds is 5. The second-order valence-electron chi connectivity index (χ2n) is 9.29. The van der Waals surface area contributed by atoms with Gasteiger partial charge in [0.2, 0.25) is 0 Å². The standard InChI is InChI=1S/C30H24N2O7S/c1-3-16-4-10-20-23(14-16)40-30(31-20)32-25(17-5-7-18(8-6-17)29(36)37-2)24(27(34)28(32)35)26(33)19-9-11-21-22(15-19)39-13-12-38-21/h4-11,14-15,25,33H,3,12-13H2,1-2H3/b26-24+. The van der Waals surface area contributed by atoms with E-state index in [2.05, 4.69) is 11.9 Å². The number of aliphatic hydroxyl groups is 1. The molecule has 202 valence electrons. The van der Waals surface area contributed by atoms with Gasteiger partial charge in [-0.1, -0.05) is 36.5 Å². The molecule has 1 N–H and O–H groups in total. The van der Waals surface area contributed by atoms with Gasteiger partial charge in [-0.15, -0.1) is 0 Å². The lowest BCUT2D eigenvalue weighted by atomic mass is 9.94. The summed E-state index contributed by atoms with van der Waals surface area (Å²) in [7, 11) is 1.29. The van der Waals surface area contributed by atoms with Gasteiger partial charge in [0.1, 0.15) is 19.0 Å². The minimum Gasteiger partial charge on any atom is -0.507 e. The Hall–Kier alpha value is -4.70. The largest absolute Gasteiger partial charge is 0.507 e. The number of carbonyl (C=O) groups is 3. The van der Waals surface area contributed by atoms with Crippen molar-refractivity contribution < 1.29 is 33.7 Å². The lowest BCUT2D eigenvalue weighted by Crippen LogP contribution is -2.29. The normalized spacial score (nSPS) is 17.9. The number of ether oxygens (including phenoxy) is 3. The number of fused-ring (bicyclic) bond motifs is 2. The van der Waals surface area contributed by atoms with Crippen LogP contribution in [-0.2, 0) is 20.7 Å². The van der Waals surface area contributed by atoms with Crippen LogP contribution in [0.15, 0.2) is 66.2 Å². The van der Waals surface area contributed by atoms with E-state index in [4.69, 9.17) is 14.2 Å². The zero-order chi connectivity index (χ0) is 28.0. The van der Waals surface area contributed by atoms with Crippen LogP contribution in [0.1, 0.15) is 40.0 Å². The van der Waals surface area contributed by atoms with Crippen LogP contribution in [0.25, 0.3) is 16.0 Å². The van der Waals surface area contributed by atoms with E-state index in [1.54, 1.807) is 42.5 Å². The number of thiazole rings is 1. The van der Waals surface area contributed by atoms with Gasteiger partial charge in [-0.25, -0.2) is 9.78 Å². The molecule has 9 nitrogen and oxygen atoms in total. The van der Waals surface area contributed by atoms with Crippen molar-refractivity contribution in [2.45, 2.75) is 19.4 Å². The molecule has 1 fully saturated rings. The predicted octanol–water partition coefficient (Wildman–Crippen LogP) is 5.04. The van der Waals surface area contributed by atoms with Gasteiger partial charge in [0.25, 0.3) is 5.78 Å². The number of aliphatic hydroxyl groups excluding tert-OH is 1. The lowest BCUT2D eigenvalue weighted by Gasteiger charge is -2.23. The van der Waals surface area contributed by atoms with Crippen molar-refractivity contribution in [3.05, 3.63) is 88.5 Å². The summed E-state index contributed by atoms with van der Waals surface area (Å²) in [5, 5.41) is 11.8. The molecule has 1 aromatic heterocycles. The molecule has 3 heterocycles. The Kier molecular flexibility index (Phi) is 6.47. The van der Waals surface area contributed by atoms with Crippen molar-refractivity contribution in [1.29, 1.82) is 0 Å². The third kappa shape index (κ3) is 4.26. The molecule has 10 heteroatoms. The highest BCUT2D eigenvalue weighted by atomic mass is 32.1. The average Bonchev–Trinajstić information content (AvgIpc) is 3.53. The molecule has 2 aliphatic heterocycles. The van der Waals surface area contributed by atoms with E-state index in [0.717, 1.165) is 16.7 Å². The van der Waals surface area contributed by atoms with Crippen LogP contribution >= 0.6 is 11.3 Å². The first kappa shape index (κ1) is 25.6. The van der Waals surface area contributed by atoms with Gasteiger partial charge >= 0.3 is 11.9 Å². The summed E-state index contributed by atoms with van der Waals surface area (Å²) in [6.45, 7) is 2.82. The topological polar surface area (TPSA) is 115 Å². The molecule has 0 aliphatic carbocycles. The number of aryl methyl sites for hydroxylation is 1. The minimum atomic E-state index is -0.994. The molecule has 40 heavy (non-hydrogen) atoms. The number of hydrogen-bond acceptors (Lipinski definition) is 9. The highest BCUT2D eigenvalue weighted by Crippen LogP contribution is 2.45. The van der Waals surface area contributed by atoms with Crippen molar-refractivity contribution in [3.63, 3.8) is 0 Å². The minimum absolute atomic E-state index is 0.0963. The fourth-order valence-corrected chi connectivity index (χ4v) is 5.95. The molecule has 0 radical (unpaired) electrons. The number of methoxy groups -OCH3 is 1. The van der Waals surface area contributed by atoms with Crippen molar-refractivity contribution in [2.24, 2.45) is 0 Å². The summed E-state index contributed by atoms with van der Waals surface area (Å²) in [5.74, 6) is -1.57. The number of anilines is 1. The maximum Gasteiger partial charge on any atom is 0.337 e. The van der Waals surface area contributed by atoms with Crippen LogP contribution in [-0.4, -0.2) is 48.1 Å². The van der Waals surface area contributed by atoms with E-state index in [-0.39, 0.29) is 11.3 Å². The van der Waals surface area contributed by atoms with Crippen LogP contribution < -0.4 is 14.4 Å². The number of aromatic nitrogens is 1. The Bertz CT molecular complexity index is 1710.